The predicted octanol–water partition coefficient (Wildman–Crippen LogP) is 5.77. The lowest BCUT2D eigenvalue weighted by molar-refractivity contribution is 0.627. The van der Waals surface area contributed by atoms with Crippen molar-refractivity contribution in [3.8, 4) is 0 Å². The van der Waals surface area contributed by atoms with Crippen molar-refractivity contribution in [2.75, 3.05) is 11.5 Å². The summed E-state index contributed by atoms with van der Waals surface area (Å²) in [5.41, 5.74) is 0. The Kier molecular flexibility index (Phi) is 13.4. The molecule has 2 heteroatoms. The van der Waals surface area contributed by atoms with Crippen LogP contribution < -0.4 is 0 Å². The monoisotopic (exact) mass is 248 g/mol. The van der Waals surface area contributed by atoms with Gasteiger partial charge in [0.25, 0.3) is 0 Å². The first-order valence-corrected chi connectivity index (χ1v) is 9.00. The van der Waals surface area contributed by atoms with Crippen molar-refractivity contribution >= 4 is 21.6 Å². The van der Waals surface area contributed by atoms with Gasteiger partial charge in [0.2, 0.25) is 0 Å². The second-order valence-corrected chi connectivity index (χ2v) is 7.30. The van der Waals surface area contributed by atoms with E-state index in [9.17, 15) is 0 Å². The molecule has 0 amide bonds. The second kappa shape index (κ2) is 12.8. The first kappa shape index (κ1) is 15.7. The molecule has 15 heavy (non-hydrogen) atoms. The van der Waals surface area contributed by atoms with Crippen LogP contribution in [0.25, 0.3) is 0 Å². The lowest BCUT2D eigenvalue weighted by Gasteiger charge is -2.03. The van der Waals surface area contributed by atoms with Gasteiger partial charge in [-0.1, -0.05) is 74.5 Å². The second-order valence-electron chi connectivity index (χ2n) is 4.59. The van der Waals surface area contributed by atoms with E-state index in [1.807, 2.05) is 0 Å². The van der Waals surface area contributed by atoms with Crippen molar-refractivity contribution in [2.24, 2.45) is 5.92 Å². The van der Waals surface area contributed by atoms with E-state index in [-0.39, 0.29) is 0 Å². The fourth-order valence-electron chi connectivity index (χ4n) is 1.34. The smallest absolute Gasteiger partial charge is 0.00393 e. The average molecular weight is 249 g/mol. The normalized spacial score (nSPS) is 11.2. The van der Waals surface area contributed by atoms with E-state index < -0.39 is 0 Å². The molecule has 92 valence electrons. The zero-order valence-corrected chi connectivity index (χ0v) is 12.4. The largest absolute Gasteiger partial charge is 0.0942 e. The minimum atomic E-state index is 0.868. The minimum Gasteiger partial charge on any atom is -0.0942 e. The highest BCUT2D eigenvalue weighted by Gasteiger charge is 1.95. The van der Waals surface area contributed by atoms with Crippen LogP contribution in [0.3, 0.4) is 0 Å². The molecule has 0 rings (SSSR count). The summed E-state index contributed by atoms with van der Waals surface area (Å²) in [6, 6.07) is 0. The topological polar surface area (TPSA) is 0 Å². The van der Waals surface area contributed by atoms with Crippen LogP contribution in [0.1, 0.15) is 65.7 Å². The highest BCUT2D eigenvalue weighted by atomic mass is 33.1. The van der Waals surface area contributed by atoms with Crippen molar-refractivity contribution < 1.29 is 0 Å². The summed E-state index contributed by atoms with van der Waals surface area (Å²) in [7, 11) is 4.14. The first-order valence-electron chi connectivity index (χ1n) is 6.51. The fourth-order valence-corrected chi connectivity index (χ4v) is 3.82. The third-order valence-electron chi connectivity index (χ3n) is 2.44. The van der Waals surface area contributed by atoms with Gasteiger partial charge in [0.1, 0.15) is 0 Å². The molecule has 0 aliphatic carbocycles. The Balaban J connectivity index is 2.87. The van der Waals surface area contributed by atoms with E-state index >= 15 is 0 Å². The number of rotatable bonds is 11. The van der Waals surface area contributed by atoms with Crippen molar-refractivity contribution in [1.82, 2.24) is 0 Å². The molecule has 0 spiro atoms. The van der Waals surface area contributed by atoms with Crippen molar-refractivity contribution in [1.29, 1.82) is 0 Å². The zero-order chi connectivity index (χ0) is 11.4. The van der Waals surface area contributed by atoms with E-state index in [1.165, 1.54) is 56.5 Å². The maximum atomic E-state index is 2.30. The Labute approximate surface area is 105 Å². The molecule has 0 fully saturated rings. The number of unbranched alkanes of at least 4 members (excludes halogenated alkanes) is 5. The van der Waals surface area contributed by atoms with Crippen LogP contribution in [0.5, 0.6) is 0 Å². The molecule has 0 saturated heterocycles. The summed E-state index contributed by atoms with van der Waals surface area (Å²) < 4.78 is 0. The van der Waals surface area contributed by atoms with E-state index in [0.29, 0.717) is 0 Å². The predicted molar refractivity (Wildman–Crippen MR) is 77.7 cm³/mol. The van der Waals surface area contributed by atoms with Gasteiger partial charge in [0.15, 0.2) is 0 Å². The van der Waals surface area contributed by atoms with Gasteiger partial charge in [-0.3, -0.25) is 0 Å². The average Bonchev–Trinajstić information content (AvgIpc) is 2.20. The quantitative estimate of drug-likeness (QED) is 0.336. The molecule has 0 aliphatic rings. The van der Waals surface area contributed by atoms with E-state index in [4.69, 9.17) is 0 Å². The first-order chi connectivity index (χ1) is 7.27. The molecule has 0 heterocycles. The van der Waals surface area contributed by atoms with E-state index in [2.05, 4.69) is 42.4 Å². The lowest BCUT2D eigenvalue weighted by Crippen LogP contribution is -1.88. The van der Waals surface area contributed by atoms with Crippen LogP contribution >= 0.6 is 21.6 Å². The Morgan fingerprint density at radius 2 is 1.40 bits per heavy atom. The zero-order valence-electron chi connectivity index (χ0n) is 10.8. The maximum absolute atomic E-state index is 2.30. The van der Waals surface area contributed by atoms with Crippen molar-refractivity contribution in [3.63, 3.8) is 0 Å². The molecule has 0 aromatic rings. The Bertz CT molecular complexity index is 113. The van der Waals surface area contributed by atoms with Crippen molar-refractivity contribution in [2.45, 2.75) is 65.7 Å². The third-order valence-corrected chi connectivity index (χ3v) is 4.97. The Hall–Kier alpha value is 0.700. The molecule has 0 aliphatic heterocycles. The highest BCUT2D eigenvalue weighted by molar-refractivity contribution is 8.76. The number of hydrogen-bond acceptors (Lipinski definition) is 2. The number of hydrogen-bond donors (Lipinski definition) is 0. The van der Waals surface area contributed by atoms with Gasteiger partial charge < -0.3 is 0 Å². The molecular formula is C13H28S2. The molecule has 0 aromatic heterocycles. The van der Waals surface area contributed by atoms with Crippen LogP contribution in [0, 0.1) is 5.92 Å². The van der Waals surface area contributed by atoms with Gasteiger partial charge in [-0.2, -0.15) is 0 Å². The van der Waals surface area contributed by atoms with Gasteiger partial charge in [0, 0.05) is 11.5 Å². The highest BCUT2D eigenvalue weighted by Crippen LogP contribution is 2.24. The van der Waals surface area contributed by atoms with Gasteiger partial charge in [-0.25, -0.2) is 0 Å². The molecule has 0 unspecified atom stereocenters. The summed E-state index contributed by atoms with van der Waals surface area (Å²) in [5.74, 6) is 3.56. The molecule has 0 radical (unpaired) electrons. The van der Waals surface area contributed by atoms with Crippen LogP contribution in [0.2, 0.25) is 0 Å². The van der Waals surface area contributed by atoms with Gasteiger partial charge in [-0.05, 0) is 18.8 Å². The van der Waals surface area contributed by atoms with Crippen LogP contribution in [0.15, 0.2) is 0 Å². The third kappa shape index (κ3) is 14.7. The molecule has 0 bridgehead atoms. The standard InChI is InChI=1S/C13H28S2/c1-4-5-6-7-8-9-11-14-15-12-10-13(2)3/h13H,4-12H2,1-3H3. The van der Waals surface area contributed by atoms with Crippen LogP contribution in [-0.2, 0) is 0 Å². The molecule has 0 nitrogen and oxygen atoms in total. The Morgan fingerprint density at radius 1 is 0.800 bits per heavy atom. The summed E-state index contributed by atoms with van der Waals surface area (Å²) in [4.78, 5) is 0. The van der Waals surface area contributed by atoms with Crippen molar-refractivity contribution in [3.05, 3.63) is 0 Å². The fraction of sp³-hybridized carbons (Fsp3) is 1.00. The summed E-state index contributed by atoms with van der Waals surface area (Å²) in [6.45, 7) is 6.89. The molecular weight excluding hydrogens is 220 g/mol. The van der Waals surface area contributed by atoms with Gasteiger partial charge in [-0.15, -0.1) is 0 Å². The summed E-state index contributed by atoms with van der Waals surface area (Å²) >= 11 is 0. The molecule has 0 N–H and O–H groups in total. The van der Waals surface area contributed by atoms with E-state index in [0.717, 1.165) is 5.92 Å². The SMILES string of the molecule is CCCCCCCCSSCCC(C)C. The molecule has 0 atom stereocenters. The molecule has 0 aromatic carbocycles. The van der Waals surface area contributed by atoms with Gasteiger partial charge >= 0.3 is 0 Å². The summed E-state index contributed by atoms with van der Waals surface area (Å²) in [5, 5.41) is 0. The maximum Gasteiger partial charge on any atom is 0.00393 e. The molecule has 0 saturated carbocycles. The van der Waals surface area contributed by atoms with Gasteiger partial charge in [0.05, 0.1) is 0 Å². The van der Waals surface area contributed by atoms with Crippen LogP contribution in [-0.4, -0.2) is 11.5 Å². The minimum absolute atomic E-state index is 0.868. The Morgan fingerprint density at radius 3 is 2.07 bits per heavy atom. The van der Waals surface area contributed by atoms with Crippen LogP contribution in [0.4, 0.5) is 0 Å². The van der Waals surface area contributed by atoms with E-state index in [1.54, 1.807) is 0 Å². The summed E-state index contributed by atoms with van der Waals surface area (Å²) in [6.07, 6.45) is 9.91. The lowest BCUT2D eigenvalue weighted by atomic mass is 10.1.